The van der Waals surface area contributed by atoms with E-state index in [1.54, 1.807) is 11.3 Å². The summed E-state index contributed by atoms with van der Waals surface area (Å²) in [6.45, 7) is 3.09. The first kappa shape index (κ1) is 12.9. The Kier molecular flexibility index (Phi) is 4.42. The fourth-order valence-corrected chi connectivity index (χ4v) is 3.36. The quantitative estimate of drug-likeness (QED) is 0.883. The van der Waals surface area contributed by atoms with Crippen LogP contribution in [-0.2, 0) is 6.54 Å². The molecule has 92 valence electrons. The zero-order valence-corrected chi connectivity index (χ0v) is 12.3. The van der Waals surface area contributed by atoms with Gasteiger partial charge in [0.15, 0.2) is 0 Å². The Labute approximate surface area is 115 Å². The molecule has 0 saturated carbocycles. The topological polar surface area (TPSA) is 30.9 Å². The standard InChI is InChI=1S/C13H17BrN2S/c1-2-3-12(15)10-6-7-16(8-10)9-11-4-5-13(14)17-11/h4-8,12H,2-3,9,15H2,1H3. The summed E-state index contributed by atoms with van der Waals surface area (Å²) < 4.78 is 3.38. The molecule has 0 aliphatic carbocycles. The molecule has 0 radical (unpaired) electrons. The van der Waals surface area contributed by atoms with Gasteiger partial charge in [-0.15, -0.1) is 11.3 Å². The van der Waals surface area contributed by atoms with Crippen LogP contribution in [0.1, 0.15) is 36.2 Å². The Hall–Kier alpha value is -0.580. The van der Waals surface area contributed by atoms with Crippen LogP contribution in [0.4, 0.5) is 0 Å². The van der Waals surface area contributed by atoms with Gasteiger partial charge in [0.1, 0.15) is 0 Å². The maximum atomic E-state index is 6.10. The maximum absolute atomic E-state index is 6.10. The van der Waals surface area contributed by atoms with Gasteiger partial charge in [-0.1, -0.05) is 13.3 Å². The highest BCUT2D eigenvalue weighted by molar-refractivity contribution is 9.11. The first-order chi connectivity index (χ1) is 8.19. The van der Waals surface area contributed by atoms with Gasteiger partial charge >= 0.3 is 0 Å². The fraction of sp³-hybridized carbons (Fsp3) is 0.385. The van der Waals surface area contributed by atoms with E-state index in [9.17, 15) is 0 Å². The van der Waals surface area contributed by atoms with Crippen molar-refractivity contribution in [2.75, 3.05) is 0 Å². The lowest BCUT2D eigenvalue weighted by atomic mass is 10.1. The fourth-order valence-electron chi connectivity index (χ4n) is 1.87. The van der Waals surface area contributed by atoms with E-state index in [4.69, 9.17) is 5.73 Å². The average Bonchev–Trinajstić information content (AvgIpc) is 2.89. The van der Waals surface area contributed by atoms with E-state index < -0.39 is 0 Å². The van der Waals surface area contributed by atoms with Crippen molar-refractivity contribution in [2.45, 2.75) is 32.4 Å². The lowest BCUT2D eigenvalue weighted by Gasteiger charge is -2.07. The van der Waals surface area contributed by atoms with Crippen LogP contribution in [0.15, 0.2) is 34.4 Å². The van der Waals surface area contributed by atoms with Crippen LogP contribution in [0.2, 0.25) is 0 Å². The van der Waals surface area contributed by atoms with Gasteiger partial charge in [-0.2, -0.15) is 0 Å². The molecule has 2 aromatic rings. The summed E-state index contributed by atoms with van der Waals surface area (Å²) in [7, 11) is 0. The highest BCUT2D eigenvalue weighted by Gasteiger charge is 2.07. The number of hydrogen-bond acceptors (Lipinski definition) is 2. The zero-order chi connectivity index (χ0) is 12.3. The highest BCUT2D eigenvalue weighted by atomic mass is 79.9. The molecule has 4 heteroatoms. The lowest BCUT2D eigenvalue weighted by molar-refractivity contribution is 0.636. The summed E-state index contributed by atoms with van der Waals surface area (Å²) in [5.41, 5.74) is 7.34. The second kappa shape index (κ2) is 5.85. The molecule has 2 heterocycles. The molecule has 0 bridgehead atoms. The Balaban J connectivity index is 2.03. The van der Waals surface area contributed by atoms with Crippen molar-refractivity contribution < 1.29 is 0 Å². The molecule has 0 spiro atoms. The minimum Gasteiger partial charge on any atom is -0.349 e. The average molecular weight is 313 g/mol. The molecule has 0 aliphatic rings. The monoisotopic (exact) mass is 312 g/mol. The Morgan fingerprint density at radius 1 is 1.41 bits per heavy atom. The minimum atomic E-state index is 0.177. The smallest absolute Gasteiger partial charge is 0.0702 e. The summed E-state index contributed by atoms with van der Waals surface area (Å²) >= 11 is 5.26. The number of aromatic nitrogens is 1. The maximum Gasteiger partial charge on any atom is 0.0702 e. The molecule has 2 aromatic heterocycles. The van der Waals surface area contributed by atoms with Gasteiger partial charge in [0.05, 0.1) is 10.3 Å². The third kappa shape index (κ3) is 3.44. The zero-order valence-electron chi connectivity index (χ0n) is 9.90. The van der Waals surface area contributed by atoms with Gasteiger partial charge in [-0.25, -0.2) is 0 Å². The molecule has 0 aliphatic heterocycles. The summed E-state index contributed by atoms with van der Waals surface area (Å²) in [6.07, 6.45) is 6.45. The molecular weight excluding hydrogens is 296 g/mol. The van der Waals surface area contributed by atoms with Crippen molar-refractivity contribution in [3.8, 4) is 0 Å². The Morgan fingerprint density at radius 3 is 2.88 bits per heavy atom. The van der Waals surface area contributed by atoms with E-state index in [-0.39, 0.29) is 6.04 Å². The molecule has 1 atom stereocenters. The van der Waals surface area contributed by atoms with Crippen LogP contribution in [0, 0.1) is 0 Å². The SMILES string of the molecule is CCCC(N)c1ccn(Cc2ccc(Br)s2)c1. The number of halogens is 1. The van der Waals surface area contributed by atoms with Crippen molar-refractivity contribution in [1.29, 1.82) is 0 Å². The third-order valence-corrected chi connectivity index (χ3v) is 4.38. The molecule has 17 heavy (non-hydrogen) atoms. The Morgan fingerprint density at radius 2 is 2.24 bits per heavy atom. The van der Waals surface area contributed by atoms with E-state index in [1.807, 2.05) is 0 Å². The van der Waals surface area contributed by atoms with Crippen molar-refractivity contribution in [1.82, 2.24) is 4.57 Å². The molecule has 1 unspecified atom stereocenters. The van der Waals surface area contributed by atoms with Gasteiger partial charge in [0, 0.05) is 23.3 Å². The lowest BCUT2D eigenvalue weighted by Crippen LogP contribution is -2.08. The van der Waals surface area contributed by atoms with Crippen LogP contribution in [0.25, 0.3) is 0 Å². The summed E-state index contributed by atoms with van der Waals surface area (Å²) in [5, 5.41) is 0. The van der Waals surface area contributed by atoms with Crippen molar-refractivity contribution in [2.24, 2.45) is 5.73 Å². The van der Waals surface area contributed by atoms with Gasteiger partial charge in [-0.3, -0.25) is 0 Å². The Bertz CT molecular complexity index is 475. The van der Waals surface area contributed by atoms with Crippen LogP contribution >= 0.6 is 27.3 Å². The second-order valence-corrected chi connectivity index (χ2v) is 6.77. The second-order valence-electron chi connectivity index (χ2n) is 4.22. The molecular formula is C13H17BrN2S. The first-order valence-electron chi connectivity index (χ1n) is 5.84. The predicted molar refractivity (Wildman–Crippen MR) is 77.4 cm³/mol. The summed E-state index contributed by atoms with van der Waals surface area (Å²) in [4.78, 5) is 1.35. The normalized spacial score (nSPS) is 12.9. The molecule has 0 saturated heterocycles. The van der Waals surface area contributed by atoms with E-state index >= 15 is 0 Å². The predicted octanol–water partition coefficient (Wildman–Crippen LogP) is 4.16. The van der Waals surface area contributed by atoms with E-state index in [1.165, 1.54) is 14.2 Å². The molecule has 0 aromatic carbocycles. The van der Waals surface area contributed by atoms with E-state index in [0.29, 0.717) is 0 Å². The first-order valence-corrected chi connectivity index (χ1v) is 7.45. The van der Waals surface area contributed by atoms with Gasteiger partial charge in [0.25, 0.3) is 0 Å². The van der Waals surface area contributed by atoms with Gasteiger partial charge in [-0.05, 0) is 46.1 Å². The minimum absolute atomic E-state index is 0.177. The number of nitrogens with zero attached hydrogens (tertiary/aromatic N) is 1. The number of hydrogen-bond donors (Lipinski definition) is 1. The molecule has 2 N–H and O–H groups in total. The molecule has 0 amide bonds. The third-order valence-electron chi connectivity index (χ3n) is 2.77. The van der Waals surface area contributed by atoms with Crippen molar-refractivity contribution >= 4 is 27.3 Å². The van der Waals surface area contributed by atoms with Crippen LogP contribution < -0.4 is 5.73 Å². The van der Waals surface area contributed by atoms with Crippen molar-refractivity contribution in [3.05, 3.63) is 44.8 Å². The largest absolute Gasteiger partial charge is 0.349 e. The number of rotatable bonds is 5. The van der Waals surface area contributed by atoms with Crippen LogP contribution in [-0.4, -0.2) is 4.57 Å². The summed E-state index contributed by atoms with van der Waals surface area (Å²) in [5.74, 6) is 0. The molecule has 0 fully saturated rings. The van der Waals surface area contributed by atoms with Crippen molar-refractivity contribution in [3.63, 3.8) is 0 Å². The van der Waals surface area contributed by atoms with Crippen LogP contribution in [0.3, 0.4) is 0 Å². The molecule has 2 rings (SSSR count). The van der Waals surface area contributed by atoms with Gasteiger partial charge < -0.3 is 10.3 Å². The number of thiophene rings is 1. The van der Waals surface area contributed by atoms with Gasteiger partial charge in [0.2, 0.25) is 0 Å². The van der Waals surface area contributed by atoms with E-state index in [2.05, 4.69) is 58.0 Å². The highest BCUT2D eigenvalue weighted by Crippen LogP contribution is 2.23. The van der Waals surface area contributed by atoms with Crippen LogP contribution in [0.5, 0.6) is 0 Å². The molecule has 2 nitrogen and oxygen atoms in total. The van der Waals surface area contributed by atoms with E-state index in [0.717, 1.165) is 19.4 Å². The summed E-state index contributed by atoms with van der Waals surface area (Å²) in [6, 6.07) is 6.55. The number of nitrogens with two attached hydrogens (primary N) is 1.